The van der Waals surface area contributed by atoms with Gasteiger partial charge in [-0.1, -0.05) is 12.1 Å². The van der Waals surface area contributed by atoms with Crippen LogP contribution >= 0.6 is 0 Å². The lowest BCUT2D eigenvalue weighted by Gasteiger charge is -2.26. The number of para-hydroxylation sites is 1. The number of carbonyl (C=O) groups excluding carboxylic acids is 1. The minimum absolute atomic E-state index is 0.116. The maximum absolute atomic E-state index is 11.0. The Balaban J connectivity index is 1.55. The average molecular weight is 359 g/mol. The van der Waals surface area contributed by atoms with Crippen molar-refractivity contribution in [2.45, 2.75) is 31.6 Å². The predicted molar refractivity (Wildman–Crippen MR) is 96.3 cm³/mol. The normalized spacial score (nSPS) is 18.2. The van der Waals surface area contributed by atoms with Gasteiger partial charge in [-0.2, -0.15) is 0 Å². The van der Waals surface area contributed by atoms with Crippen molar-refractivity contribution in [3.8, 4) is 5.75 Å². The van der Waals surface area contributed by atoms with E-state index in [0.29, 0.717) is 24.4 Å². The molecular weight excluding hydrogens is 334 g/mol. The minimum atomic E-state index is -0.689. The van der Waals surface area contributed by atoms with Crippen molar-refractivity contribution in [2.75, 3.05) is 26.3 Å². The number of carbonyl (C=O) groups is 1. The second kappa shape index (κ2) is 9.52. The van der Waals surface area contributed by atoms with Gasteiger partial charge >= 0.3 is 0 Å². The molecule has 0 saturated carbocycles. The van der Waals surface area contributed by atoms with Crippen LogP contribution in [-0.4, -0.2) is 54.8 Å². The molecule has 1 aromatic carbocycles. The molecule has 0 radical (unpaired) electrons. The third kappa shape index (κ3) is 5.42. The summed E-state index contributed by atoms with van der Waals surface area (Å²) in [4.78, 5) is 13.2. The van der Waals surface area contributed by atoms with Crippen LogP contribution in [0.25, 0.3) is 0 Å². The van der Waals surface area contributed by atoms with Crippen LogP contribution in [0.5, 0.6) is 5.75 Å². The minimum Gasteiger partial charge on any atom is -0.490 e. The molecule has 1 saturated heterocycles. The van der Waals surface area contributed by atoms with E-state index >= 15 is 0 Å². The first-order valence-electron chi connectivity index (χ1n) is 8.96. The van der Waals surface area contributed by atoms with Crippen molar-refractivity contribution in [1.82, 2.24) is 4.90 Å². The van der Waals surface area contributed by atoms with Gasteiger partial charge in [-0.05, 0) is 37.1 Å². The van der Waals surface area contributed by atoms with Gasteiger partial charge in [-0.25, -0.2) is 0 Å². The SMILES string of the molecule is O=Cc1ccccc1OCC(O)CN(Cc1ccco1)CC1CCCO1. The molecule has 1 N–H and O–H groups in total. The highest BCUT2D eigenvalue weighted by Crippen LogP contribution is 2.17. The van der Waals surface area contributed by atoms with E-state index in [2.05, 4.69) is 4.90 Å². The highest BCUT2D eigenvalue weighted by molar-refractivity contribution is 5.79. The van der Waals surface area contributed by atoms with Crippen molar-refractivity contribution in [1.29, 1.82) is 0 Å². The molecule has 2 heterocycles. The van der Waals surface area contributed by atoms with Crippen molar-refractivity contribution in [3.63, 3.8) is 0 Å². The lowest BCUT2D eigenvalue weighted by molar-refractivity contribution is 0.0289. The van der Waals surface area contributed by atoms with E-state index in [1.54, 1.807) is 30.5 Å². The third-order valence-electron chi connectivity index (χ3n) is 4.39. The van der Waals surface area contributed by atoms with Crippen molar-refractivity contribution < 1.29 is 23.8 Å². The van der Waals surface area contributed by atoms with E-state index in [-0.39, 0.29) is 12.7 Å². The fraction of sp³-hybridized carbons (Fsp3) is 0.450. The van der Waals surface area contributed by atoms with E-state index in [1.165, 1.54) is 0 Å². The summed E-state index contributed by atoms with van der Waals surface area (Å²) in [6, 6.07) is 10.8. The van der Waals surface area contributed by atoms with Crippen LogP contribution in [0.15, 0.2) is 47.1 Å². The Hall–Kier alpha value is -2.15. The monoisotopic (exact) mass is 359 g/mol. The van der Waals surface area contributed by atoms with Crippen LogP contribution < -0.4 is 4.74 Å². The number of aliphatic hydroxyl groups excluding tert-OH is 1. The van der Waals surface area contributed by atoms with E-state index in [1.807, 2.05) is 12.1 Å². The molecule has 6 nitrogen and oxygen atoms in total. The summed E-state index contributed by atoms with van der Waals surface area (Å²) >= 11 is 0. The molecule has 2 atom stereocenters. The fourth-order valence-corrected chi connectivity index (χ4v) is 3.15. The number of nitrogens with zero attached hydrogens (tertiary/aromatic N) is 1. The van der Waals surface area contributed by atoms with Gasteiger partial charge in [-0.3, -0.25) is 9.69 Å². The molecule has 2 aromatic rings. The quantitative estimate of drug-likeness (QED) is 0.657. The summed E-state index contributed by atoms with van der Waals surface area (Å²) in [7, 11) is 0. The summed E-state index contributed by atoms with van der Waals surface area (Å²) in [6.45, 7) is 2.69. The van der Waals surface area contributed by atoms with E-state index < -0.39 is 6.10 Å². The Morgan fingerprint density at radius 3 is 2.92 bits per heavy atom. The van der Waals surface area contributed by atoms with E-state index in [9.17, 15) is 9.90 Å². The van der Waals surface area contributed by atoms with Crippen LogP contribution in [0, 0.1) is 0 Å². The second-order valence-electron chi connectivity index (χ2n) is 6.53. The molecule has 0 bridgehead atoms. The number of hydrogen-bond donors (Lipinski definition) is 1. The molecular formula is C20H25NO5. The fourth-order valence-electron chi connectivity index (χ4n) is 3.15. The van der Waals surface area contributed by atoms with Gasteiger partial charge in [-0.15, -0.1) is 0 Å². The molecule has 3 rings (SSSR count). The van der Waals surface area contributed by atoms with Gasteiger partial charge in [0.2, 0.25) is 0 Å². The Labute approximate surface area is 153 Å². The van der Waals surface area contributed by atoms with Crippen molar-refractivity contribution >= 4 is 6.29 Å². The summed E-state index contributed by atoms with van der Waals surface area (Å²) in [5.74, 6) is 1.33. The highest BCUT2D eigenvalue weighted by Gasteiger charge is 2.22. The zero-order valence-corrected chi connectivity index (χ0v) is 14.8. The molecule has 2 unspecified atom stereocenters. The number of aliphatic hydroxyl groups is 1. The topological polar surface area (TPSA) is 72.1 Å². The Morgan fingerprint density at radius 1 is 1.31 bits per heavy atom. The van der Waals surface area contributed by atoms with Crippen molar-refractivity contribution in [2.24, 2.45) is 0 Å². The summed E-state index contributed by atoms with van der Waals surface area (Å²) in [5.41, 5.74) is 0.478. The molecule has 6 heteroatoms. The first-order valence-corrected chi connectivity index (χ1v) is 8.96. The molecule has 0 amide bonds. The van der Waals surface area contributed by atoms with Gasteiger partial charge in [0.25, 0.3) is 0 Å². The first kappa shape index (κ1) is 18.6. The zero-order valence-electron chi connectivity index (χ0n) is 14.8. The largest absolute Gasteiger partial charge is 0.490 e. The Bertz CT molecular complexity index is 667. The van der Waals surface area contributed by atoms with Crippen LogP contribution in [0.4, 0.5) is 0 Å². The number of rotatable bonds is 10. The number of furan rings is 1. The first-order chi connectivity index (χ1) is 12.7. The number of ether oxygens (including phenoxy) is 2. The molecule has 1 fully saturated rings. The lowest BCUT2D eigenvalue weighted by atomic mass is 10.2. The average Bonchev–Trinajstić information content (AvgIpc) is 3.34. The Kier molecular flexibility index (Phi) is 6.82. The zero-order chi connectivity index (χ0) is 18.2. The molecule has 0 spiro atoms. The Morgan fingerprint density at radius 2 is 2.19 bits per heavy atom. The molecule has 1 aromatic heterocycles. The number of hydrogen-bond acceptors (Lipinski definition) is 6. The highest BCUT2D eigenvalue weighted by atomic mass is 16.5. The van der Waals surface area contributed by atoms with Crippen molar-refractivity contribution in [3.05, 3.63) is 54.0 Å². The summed E-state index contributed by atoms with van der Waals surface area (Å²) in [5, 5.41) is 10.4. The number of benzene rings is 1. The standard InChI is InChI=1S/C20H25NO5/c22-14-16-5-1-2-8-20(16)26-15-17(23)11-21(12-18-6-3-9-24-18)13-19-7-4-10-25-19/h1-3,5-6,8-9,14,17,19,23H,4,7,10-13,15H2. The molecule has 140 valence electrons. The van der Waals surface area contributed by atoms with Crippen LogP contribution in [-0.2, 0) is 11.3 Å². The smallest absolute Gasteiger partial charge is 0.153 e. The second-order valence-corrected chi connectivity index (χ2v) is 6.53. The molecule has 1 aliphatic heterocycles. The maximum Gasteiger partial charge on any atom is 0.153 e. The molecule has 26 heavy (non-hydrogen) atoms. The summed E-state index contributed by atoms with van der Waals surface area (Å²) in [6.07, 6.45) is 4.01. The van der Waals surface area contributed by atoms with Gasteiger partial charge in [0.15, 0.2) is 6.29 Å². The van der Waals surface area contributed by atoms with Crippen LogP contribution in [0.3, 0.4) is 0 Å². The predicted octanol–water partition coefficient (Wildman–Crippen LogP) is 2.51. The van der Waals surface area contributed by atoms with Gasteiger partial charge < -0.3 is 19.0 Å². The number of aldehydes is 1. The van der Waals surface area contributed by atoms with E-state index in [0.717, 1.165) is 38.0 Å². The summed E-state index contributed by atoms with van der Waals surface area (Å²) < 4.78 is 16.8. The molecule has 1 aliphatic rings. The van der Waals surface area contributed by atoms with Gasteiger partial charge in [0, 0.05) is 19.7 Å². The maximum atomic E-state index is 11.0. The van der Waals surface area contributed by atoms with Gasteiger partial charge in [0.1, 0.15) is 24.2 Å². The van der Waals surface area contributed by atoms with Crippen LogP contribution in [0.1, 0.15) is 29.0 Å². The van der Waals surface area contributed by atoms with E-state index in [4.69, 9.17) is 13.9 Å². The van der Waals surface area contributed by atoms with Crippen LogP contribution in [0.2, 0.25) is 0 Å². The lowest BCUT2D eigenvalue weighted by Crippen LogP contribution is -2.39. The third-order valence-corrected chi connectivity index (χ3v) is 4.39. The molecule has 0 aliphatic carbocycles. The van der Waals surface area contributed by atoms with Gasteiger partial charge in [0.05, 0.1) is 24.5 Å².